The van der Waals surface area contributed by atoms with Gasteiger partial charge in [0.05, 0.1) is 0 Å². The lowest BCUT2D eigenvalue weighted by atomic mass is 9.94. The van der Waals surface area contributed by atoms with Crippen LogP contribution in [0.5, 0.6) is 0 Å². The lowest BCUT2D eigenvalue weighted by Crippen LogP contribution is -2.39. The van der Waals surface area contributed by atoms with Gasteiger partial charge in [0, 0.05) is 13.1 Å². The molecule has 0 amide bonds. The van der Waals surface area contributed by atoms with E-state index in [1.807, 2.05) is 0 Å². The van der Waals surface area contributed by atoms with Gasteiger partial charge in [-0.15, -0.1) is 11.3 Å². The van der Waals surface area contributed by atoms with E-state index in [0.717, 1.165) is 37.0 Å². The fraction of sp³-hybridized carbons (Fsp3) is 0.643. The molecule has 7 heteroatoms. The Morgan fingerprint density at radius 2 is 2.05 bits per heavy atom. The summed E-state index contributed by atoms with van der Waals surface area (Å²) in [4.78, 5) is 11.1. The molecule has 1 fully saturated rings. The van der Waals surface area contributed by atoms with E-state index in [1.54, 1.807) is 12.3 Å². The maximum absolute atomic E-state index is 12.7. The van der Waals surface area contributed by atoms with E-state index in [9.17, 15) is 18.3 Å². The lowest BCUT2D eigenvalue weighted by Gasteiger charge is -2.31. The minimum atomic E-state index is -3.70. The van der Waals surface area contributed by atoms with Crippen molar-refractivity contribution in [1.82, 2.24) is 4.31 Å². The van der Waals surface area contributed by atoms with E-state index >= 15 is 0 Å². The van der Waals surface area contributed by atoms with Crippen molar-refractivity contribution in [2.75, 3.05) is 13.1 Å². The van der Waals surface area contributed by atoms with Crippen LogP contribution in [0.25, 0.3) is 0 Å². The summed E-state index contributed by atoms with van der Waals surface area (Å²) in [6.07, 6.45) is 3.97. The smallest absolute Gasteiger partial charge is 0.347 e. The number of rotatable bonds is 5. The molecular formula is C14H21NO4S2. The van der Waals surface area contributed by atoms with Gasteiger partial charge in [0.2, 0.25) is 10.0 Å². The van der Waals surface area contributed by atoms with Crippen LogP contribution in [-0.2, 0) is 10.0 Å². The molecule has 5 nitrogen and oxygen atoms in total. The molecule has 0 saturated carbocycles. The zero-order valence-electron chi connectivity index (χ0n) is 12.3. The highest BCUT2D eigenvalue weighted by Gasteiger charge is 2.34. The van der Waals surface area contributed by atoms with Gasteiger partial charge in [0.25, 0.3) is 0 Å². The Hall–Kier alpha value is -0.920. The summed E-state index contributed by atoms with van der Waals surface area (Å²) in [7, 11) is -3.70. The monoisotopic (exact) mass is 331 g/mol. The second-order valence-electron chi connectivity index (χ2n) is 5.52. The Morgan fingerprint density at radius 3 is 2.57 bits per heavy atom. The highest BCUT2D eigenvalue weighted by atomic mass is 32.2. The Kier molecular flexibility index (Phi) is 5.06. The Balaban J connectivity index is 2.24. The molecule has 1 aromatic heterocycles. The minimum Gasteiger partial charge on any atom is -0.477 e. The van der Waals surface area contributed by atoms with E-state index in [4.69, 9.17) is 0 Å². The Bertz CT molecular complexity index is 613. The number of thiophene rings is 1. The zero-order valence-corrected chi connectivity index (χ0v) is 14.0. The molecule has 1 N–H and O–H groups in total. The molecule has 1 aliphatic rings. The van der Waals surface area contributed by atoms with Gasteiger partial charge in [-0.25, -0.2) is 13.2 Å². The molecule has 1 aromatic rings. The average Bonchev–Trinajstić information content (AvgIpc) is 2.82. The molecule has 0 radical (unpaired) electrons. The molecule has 21 heavy (non-hydrogen) atoms. The van der Waals surface area contributed by atoms with Crippen molar-refractivity contribution < 1.29 is 18.3 Å². The predicted molar refractivity (Wildman–Crippen MR) is 82.4 cm³/mol. The normalized spacial score (nSPS) is 18.0. The Morgan fingerprint density at radius 1 is 1.43 bits per heavy atom. The lowest BCUT2D eigenvalue weighted by molar-refractivity contribution is 0.0698. The predicted octanol–water partition coefficient (Wildman–Crippen LogP) is 2.96. The zero-order chi connectivity index (χ0) is 15.6. The van der Waals surface area contributed by atoms with Gasteiger partial charge in [0.1, 0.15) is 9.77 Å². The molecule has 1 aliphatic heterocycles. The van der Waals surface area contributed by atoms with Crippen molar-refractivity contribution in [1.29, 1.82) is 0 Å². The third-order valence-corrected chi connectivity index (χ3v) is 7.28. The van der Waals surface area contributed by atoms with Crippen LogP contribution in [0.15, 0.2) is 10.3 Å². The number of piperidine rings is 1. The molecule has 1 saturated heterocycles. The maximum Gasteiger partial charge on any atom is 0.347 e. The topological polar surface area (TPSA) is 74.7 Å². The number of hydrogen-bond acceptors (Lipinski definition) is 4. The van der Waals surface area contributed by atoms with Gasteiger partial charge in [0.15, 0.2) is 0 Å². The summed E-state index contributed by atoms with van der Waals surface area (Å²) in [5.41, 5.74) is 0.521. The molecular weight excluding hydrogens is 310 g/mol. The number of nitrogens with zero attached hydrogens (tertiary/aromatic N) is 1. The first-order chi connectivity index (χ1) is 9.87. The van der Waals surface area contributed by atoms with E-state index in [0.29, 0.717) is 24.6 Å². The van der Waals surface area contributed by atoms with Crippen molar-refractivity contribution >= 4 is 27.3 Å². The fourth-order valence-corrected chi connectivity index (χ4v) is 5.93. The highest BCUT2D eigenvalue weighted by Crippen LogP contribution is 2.32. The summed E-state index contributed by atoms with van der Waals surface area (Å²) in [6, 6.07) is 0. The van der Waals surface area contributed by atoms with Crippen LogP contribution in [-0.4, -0.2) is 36.9 Å². The van der Waals surface area contributed by atoms with Gasteiger partial charge in [-0.3, -0.25) is 0 Å². The number of carbonyl (C=O) groups is 1. The van der Waals surface area contributed by atoms with E-state index in [-0.39, 0.29) is 9.77 Å². The van der Waals surface area contributed by atoms with Crippen LogP contribution >= 0.6 is 11.3 Å². The van der Waals surface area contributed by atoms with Gasteiger partial charge in [-0.2, -0.15) is 4.31 Å². The standard InChI is InChI=1S/C14H21NO4S2/c1-3-4-11-5-7-15(8-6-11)21(18,19)13-10(2)9-20-12(13)14(16)17/h9,11H,3-8H2,1-2H3,(H,16,17). The van der Waals surface area contributed by atoms with Gasteiger partial charge >= 0.3 is 5.97 Å². The molecule has 0 aromatic carbocycles. The van der Waals surface area contributed by atoms with Crippen LogP contribution in [0.3, 0.4) is 0 Å². The SMILES string of the molecule is CCCC1CCN(S(=O)(=O)c2c(C)csc2C(=O)O)CC1. The van der Waals surface area contributed by atoms with Crippen LogP contribution in [0.1, 0.15) is 47.8 Å². The Labute approximate surface area is 129 Å². The van der Waals surface area contributed by atoms with Crippen LogP contribution in [0.4, 0.5) is 0 Å². The average molecular weight is 331 g/mol. The quantitative estimate of drug-likeness (QED) is 0.900. The first kappa shape index (κ1) is 16.5. The van der Waals surface area contributed by atoms with E-state index in [2.05, 4.69) is 6.92 Å². The summed E-state index contributed by atoms with van der Waals surface area (Å²) < 4.78 is 26.9. The molecule has 0 unspecified atom stereocenters. The first-order valence-corrected chi connectivity index (χ1v) is 9.51. The van der Waals surface area contributed by atoms with Crippen molar-refractivity contribution in [3.05, 3.63) is 15.8 Å². The van der Waals surface area contributed by atoms with Crippen molar-refractivity contribution in [3.63, 3.8) is 0 Å². The second-order valence-corrected chi connectivity index (χ2v) is 8.27. The number of sulfonamides is 1. The number of carboxylic acid groups (broad SMARTS) is 1. The highest BCUT2D eigenvalue weighted by molar-refractivity contribution is 7.89. The van der Waals surface area contributed by atoms with Crippen molar-refractivity contribution in [2.45, 2.75) is 44.4 Å². The van der Waals surface area contributed by atoms with Crippen LogP contribution in [0.2, 0.25) is 0 Å². The summed E-state index contributed by atoms with van der Waals surface area (Å²) >= 11 is 0.978. The molecule has 0 bridgehead atoms. The van der Waals surface area contributed by atoms with E-state index in [1.165, 1.54) is 4.31 Å². The third kappa shape index (κ3) is 3.30. The van der Waals surface area contributed by atoms with Gasteiger partial charge in [-0.1, -0.05) is 19.8 Å². The third-order valence-electron chi connectivity index (χ3n) is 3.98. The second kappa shape index (κ2) is 6.46. The number of hydrogen-bond donors (Lipinski definition) is 1. The van der Waals surface area contributed by atoms with Crippen LogP contribution in [0, 0.1) is 12.8 Å². The molecule has 2 heterocycles. The molecule has 118 valence electrons. The van der Waals surface area contributed by atoms with Crippen LogP contribution < -0.4 is 0 Å². The summed E-state index contributed by atoms with van der Waals surface area (Å²) in [6.45, 7) is 4.76. The van der Waals surface area contributed by atoms with Gasteiger partial charge < -0.3 is 5.11 Å². The summed E-state index contributed by atoms with van der Waals surface area (Å²) in [5.74, 6) is -0.587. The summed E-state index contributed by atoms with van der Waals surface area (Å²) in [5, 5.41) is 10.8. The molecule has 0 aliphatic carbocycles. The largest absolute Gasteiger partial charge is 0.477 e. The minimum absolute atomic E-state index is 0.0195. The number of carboxylic acids is 1. The number of aromatic carboxylic acids is 1. The fourth-order valence-electron chi connectivity index (χ4n) is 2.88. The number of aryl methyl sites for hydroxylation is 1. The van der Waals surface area contributed by atoms with Gasteiger partial charge in [-0.05, 0) is 36.6 Å². The van der Waals surface area contributed by atoms with E-state index < -0.39 is 16.0 Å². The first-order valence-electron chi connectivity index (χ1n) is 7.19. The van der Waals surface area contributed by atoms with Crippen molar-refractivity contribution in [2.24, 2.45) is 5.92 Å². The molecule has 0 atom stereocenters. The molecule has 0 spiro atoms. The maximum atomic E-state index is 12.7. The molecule has 2 rings (SSSR count). The van der Waals surface area contributed by atoms with Crippen molar-refractivity contribution in [3.8, 4) is 0 Å².